The van der Waals surface area contributed by atoms with Crippen LogP contribution in [0, 0.1) is 0 Å². The van der Waals surface area contributed by atoms with Gasteiger partial charge in [0.25, 0.3) is 0 Å². The van der Waals surface area contributed by atoms with E-state index in [0.29, 0.717) is 0 Å². The molecule has 0 amide bonds. The van der Waals surface area contributed by atoms with Gasteiger partial charge in [0.15, 0.2) is 0 Å². The van der Waals surface area contributed by atoms with Crippen LogP contribution in [0.3, 0.4) is 0 Å². The summed E-state index contributed by atoms with van der Waals surface area (Å²) >= 11 is 0. The van der Waals surface area contributed by atoms with Crippen molar-refractivity contribution in [3.05, 3.63) is 0 Å². The van der Waals surface area contributed by atoms with E-state index in [1.807, 2.05) is 0 Å². The zero-order chi connectivity index (χ0) is 19.7. The second-order valence-corrected chi connectivity index (χ2v) is 9.35. The third kappa shape index (κ3) is 26.1. The van der Waals surface area contributed by atoms with E-state index in [-0.39, 0.29) is 0 Å². The van der Waals surface area contributed by atoms with Gasteiger partial charge >= 0.3 is 10.0 Å². The molecule has 0 heterocycles. The van der Waals surface area contributed by atoms with Gasteiger partial charge < -0.3 is 8.85 Å². The highest BCUT2D eigenvalue weighted by Crippen LogP contribution is 2.11. The van der Waals surface area contributed by atoms with Crippen LogP contribution < -0.4 is 0 Å². The van der Waals surface area contributed by atoms with E-state index in [1.54, 1.807) is 0 Å². The molecule has 0 bridgehead atoms. The fourth-order valence-corrected chi connectivity index (χ4v) is 4.32. The van der Waals surface area contributed by atoms with Crippen LogP contribution in [0.2, 0.25) is 0 Å². The first kappa shape index (κ1) is 27.1. The van der Waals surface area contributed by atoms with Gasteiger partial charge in [-0.1, -0.05) is 129 Å². The highest BCUT2D eigenvalue weighted by molar-refractivity contribution is 6.17. The minimum atomic E-state index is -0.701. The molecule has 0 aliphatic rings. The van der Waals surface area contributed by atoms with Gasteiger partial charge in [-0.15, -0.1) is 0 Å². The van der Waals surface area contributed by atoms with Crippen LogP contribution in [-0.2, 0) is 8.85 Å². The lowest BCUT2D eigenvalue weighted by atomic mass is 10.1. The van der Waals surface area contributed by atoms with Gasteiger partial charge in [-0.3, -0.25) is 0 Å². The van der Waals surface area contributed by atoms with Gasteiger partial charge in [0.1, 0.15) is 0 Å². The van der Waals surface area contributed by atoms with E-state index >= 15 is 0 Å². The highest BCUT2D eigenvalue weighted by atomic mass is 28.3. The van der Waals surface area contributed by atoms with E-state index in [1.165, 1.54) is 128 Å². The third-order valence-corrected chi connectivity index (χ3v) is 6.36. The quantitative estimate of drug-likeness (QED) is 0.121. The molecular formula is C24H52O2Si. The number of unbranched alkanes of at least 4 members (excludes halogenated alkanes) is 18. The number of hydrogen-bond donors (Lipinski definition) is 0. The Balaban J connectivity index is 2.95. The summed E-state index contributed by atoms with van der Waals surface area (Å²) < 4.78 is 11.4. The molecule has 0 aromatic rings. The minimum Gasteiger partial charge on any atom is -0.399 e. The average molecular weight is 401 g/mol. The monoisotopic (exact) mass is 400 g/mol. The highest BCUT2D eigenvalue weighted by Gasteiger charge is 1.95. The van der Waals surface area contributed by atoms with Crippen molar-refractivity contribution in [3.63, 3.8) is 0 Å². The van der Waals surface area contributed by atoms with Gasteiger partial charge in [-0.25, -0.2) is 0 Å². The standard InChI is InChI=1S/C24H52O2Si/c1-3-5-7-9-11-13-15-17-19-21-23-25-27-26-24-22-20-18-16-14-12-10-8-6-4-2/h3-24,27H2,1-2H3. The normalized spacial score (nSPS) is 11.3. The van der Waals surface area contributed by atoms with E-state index < -0.39 is 10.0 Å². The molecule has 0 spiro atoms. The van der Waals surface area contributed by atoms with Crippen LogP contribution in [0.4, 0.5) is 0 Å². The molecule has 0 aliphatic heterocycles. The molecule has 2 nitrogen and oxygen atoms in total. The summed E-state index contributed by atoms with van der Waals surface area (Å²) in [5.41, 5.74) is 0. The van der Waals surface area contributed by atoms with Crippen molar-refractivity contribution in [2.45, 2.75) is 142 Å². The molecule has 0 fully saturated rings. The Labute approximate surface area is 174 Å². The van der Waals surface area contributed by atoms with Gasteiger partial charge in [0, 0.05) is 13.2 Å². The maximum absolute atomic E-state index is 5.71. The lowest BCUT2D eigenvalue weighted by Gasteiger charge is -2.06. The molecule has 0 aliphatic carbocycles. The molecule has 3 heteroatoms. The Bertz CT molecular complexity index is 225. The van der Waals surface area contributed by atoms with Gasteiger partial charge in [0.2, 0.25) is 0 Å². The zero-order valence-corrected chi connectivity index (χ0v) is 20.5. The molecule has 0 atom stereocenters. The van der Waals surface area contributed by atoms with Gasteiger partial charge in [-0.2, -0.15) is 0 Å². The van der Waals surface area contributed by atoms with Crippen molar-refractivity contribution >= 4 is 10.0 Å². The Morgan fingerprint density at radius 2 is 0.630 bits per heavy atom. The first-order valence-corrected chi connectivity index (χ1v) is 13.7. The summed E-state index contributed by atoms with van der Waals surface area (Å²) in [6.07, 6.45) is 27.8. The lowest BCUT2D eigenvalue weighted by molar-refractivity contribution is 0.213. The lowest BCUT2D eigenvalue weighted by Crippen LogP contribution is -2.07. The predicted molar refractivity (Wildman–Crippen MR) is 124 cm³/mol. The largest absolute Gasteiger partial charge is 0.399 e. The summed E-state index contributed by atoms with van der Waals surface area (Å²) in [5.74, 6) is 0. The minimum absolute atomic E-state index is 0.701. The van der Waals surface area contributed by atoms with Crippen LogP contribution in [0.25, 0.3) is 0 Å². The molecule has 0 saturated carbocycles. The second kappa shape index (κ2) is 26.1. The van der Waals surface area contributed by atoms with E-state index in [4.69, 9.17) is 8.85 Å². The predicted octanol–water partition coefficient (Wildman–Crippen LogP) is 7.86. The Kier molecular flexibility index (Phi) is 26.3. The van der Waals surface area contributed by atoms with Crippen molar-refractivity contribution in [1.29, 1.82) is 0 Å². The van der Waals surface area contributed by atoms with Crippen molar-refractivity contribution in [2.24, 2.45) is 0 Å². The van der Waals surface area contributed by atoms with Gasteiger partial charge in [-0.05, 0) is 12.8 Å². The molecule has 0 unspecified atom stereocenters. The topological polar surface area (TPSA) is 18.5 Å². The maximum Gasteiger partial charge on any atom is 0.304 e. The first-order valence-electron chi connectivity index (χ1n) is 12.6. The van der Waals surface area contributed by atoms with Crippen molar-refractivity contribution in [3.8, 4) is 0 Å². The molecule has 0 saturated heterocycles. The van der Waals surface area contributed by atoms with Crippen molar-refractivity contribution < 1.29 is 8.85 Å². The summed E-state index contributed by atoms with van der Waals surface area (Å²) in [7, 11) is -0.701. The molecule has 0 aromatic carbocycles. The molecule has 0 rings (SSSR count). The fraction of sp³-hybridized carbons (Fsp3) is 1.00. The Morgan fingerprint density at radius 1 is 0.370 bits per heavy atom. The van der Waals surface area contributed by atoms with Crippen molar-refractivity contribution in [1.82, 2.24) is 0 Å². The number of hydrogen-bond acceptors (Lipinski definition) is 2. The molecule has 0 aromatic heterocycles. The molecule has 27 heavy (non-hydrogen) atoms. The molecular weight excluding hydrogens is 348 g/mol. The number of rotatable bonds is 24. The zero-order valence-electron chi connectivity index (χ0n) is 19.1. The molecule has 0 N–H and O–H groups in total. The summed E-state index contributed by atoms with van der Waals surface area (Å²) in [6, 6.07) is 0. The van der Waals surface area contributed by atoms with Crippen molar-refractivity contribution in [2.75, 3.05) is 13.2 Å². The third-order valence-electron chi connectivity index (χ3n) is 5.45. The smallest absolute Gasteiger partial charge is 0.304 e. The van der Waals surface area contributed by atoms with Crippen LogP contribution in [0.1, 0.15) is 142 Å². The van der Waals surface area contributed by atoms with Crippen LogP contribution in [0.5, 0.6) is 0 Å². The van der Waals surface area contributed by atoms with E-state index in [0.717, 1.165) is 13.2 Å². The second-order valence-electron chi connectivity index (χ2n) is 8.30. The Morgan fingerprint density at radius 3 is 0.926 bits per heavy atom. The summed E-state index contributed by atoms with van der Waals surface area (Å²) in [4.78, 5) is 0. The molecule has 164 valence electrons. The molecule has 0 radical (unpaired) electrons. The average Bonchev–Trinajstić information content (AvgIpc) is 2.68. The fourth-order valence-electron chi connectivity index (χ4n) is 3.56. The van der Waals surface area contributed by atoms with E-state index in [9.17, 15) is 0 Å². The van der Waals surface area contributed by atoms with Crippen LogP contribution >= 0.6 is 0 Å². The van der Waals surface area contributed by atoms with Crippen LogP contribution in [-0.4, -0.2) is 23.2 Å². The maximum atomic E-state index is 5.71. The summed E-state index contributed by atoms with van der Waals surface area (Å²) in [6.45, 7) is 6.43. The Hall–Kier alpha value is 0.137. The first-order chi connectivity index (χ1) is 13.4. The summed E-state index contributed by atoms with van der Waals surface area (Å²) in [5, 5.41) is 0. The van der Waals surface area contributed by atoms with E-state index in [2.05, 4.69) is 13.8 Å². The van der Waals surface area contributed by atoms with Gasteiger partial charge in [0.05, 0.1) is 0 Å². The SMILES string of the molecule is CCCCCCCCCCCCO[SiH2]OCCCCCCCCCCCC. The van der Waals surface area contributed by atoms with Crippen LogP contribution in [0.15, 0.2) is 0 Å².